The highest BCUT2D eigenvalue weighted by Gasteiger charge is 2.36. The molecule has 0 saturated carbocycles. The Morgan fingerprint density at radius 2 is 1.85 bits per heavy atom. The number of likely N-dealkylation sites (tertiary alicyclic amines) is 1. The molecule has 0 spiro atoms. The van der Waals surface area contributed by atoms with Gasteiger partial charge in [-0.3, -0.25) is 9.80 Å². The molecular weight excluding hydrogens is 330 g/mol. The van der Waals surface area contributed by atoms with Crippen LogP contribution in [0.15, 0.2) is 24.3 Å². The highest BCUT2D eigenvalue weighted by atomic mass is 16.5. The second kappa shape index (κ2) is 8.67. The summed E-state index contributed by atoms with van der Waals surface area (Å²) >= 11 is 0. The van der Waals surface area contributed by atoms with Gasteiger partial charge in [0.05, 0.1) is 11.7 Å². The number of hydrogen-bond donors (Lipinski definition) is 2. The molecule has 0 bridgehead atoms. The highest BCUT2D eigenvalue weighted by Crippen LogP contribution is 2.26. The fourth-order valence-corrected chi connectivity index (χ4v) is 3.60. The third-order valence-electron chi connectivity index (χ3n) is 5.71. The van der Waals surface area contributed by atoms with Crippen LogP contribution in [0.2, 0.25) is 0 Å². The molecule has 26 heavy (non-hydrogen) atoms. The van der Waals surface area contributed by atoms with Crippen molar-refractivity contribution in [2.75, 3.05) is 59.5 Å². The van der Waals surface area contributed by atoms with Gasteiger partial charge in [-0.2, -0.15) is 0 Å². The molecule has 3 rings (SSSR count). The van der Waals surface area contributed by atoms with E-state index in [0.29, 0.717) is 19.6 Å². The zero-order chi connectivity index (χ0) is 18.6. The third-order valence-corrected chi connectivity index (χ3v) is 5.71. The summed E-state index contributed by atoms with van der Waals surface area (Å²) in [7, 11) is 2.17. The molecule has 2 aliphatic rings. The second-order valence-corrected chi connectivity index (χ2v) is 7.96. The molecular formula is C20H33N3O3. The normalized spacial score (nSPS) is 29.0. The quantitative estimate of drug-likeness (QED) is 0.773. The zero-order valence-electron chi connectivity index (χ0n) is 16.1. The lowest BCUT2D eigenvalue weighted by Crippen LogP contribution is -2.53. The molecule has 2 atom stereocenters. The van der Waals surface area contributed by atoms with Crippen molar-refractivity contribution in [3.8, 4) is 5.75 Å². The Morgan fingerprint density at radius 1 is 1.12 bits per heavy atom. The number of aliphatic hydroxyl groups excluding tert-OH is 1. The summed E-state index contributed by atoms with van der Waals surface area (Å²) in [6.45, 7) is 9.81. The first-order valence-corrected chi connectivity index (χ1v) is 9.68. The summed E-state index contributed by atoms with van der Waals surface area (Å²) in [5.74, 6) is 0.924. The summed E-state index contributed by atoms with van der Waals surface area (Å²) in [6.07, 6.45) is -0.123. The lowest BCUT2D eigenvalue weighted by Gasteiger charge is -2.40. The predicted octanol–water partition coefficient (Wildman–Crippen LogP) is 0.630. The van der Waals surface area contributed by atoms with E-state index in [-0.39, 0.29) is 0 Å². The van der Waals surface area contributed by atoms with Gasteiger partial charge in [-0.25, -0.2) is 0 Å². The van der Waals surface area contributed by atoms with Crippen molar-refractivity contribution in [1.82, 2.24) is 14.7 Å². The van der Waals surface area contributed by atoms with Crippen molar-refractivity contribution in [2.45, 2.75) is 31.6 Å². The minimum atomic E-state index is -0.977. The minimum absolute atomic E-state index is 0.489. The molecule has 2 fully saturated rings. The molecule has 0 aromatic heterocycles. The Morgan fingerprint density at radius 3 is 2.58 bits per heavy atom. The maximum atomic E-state index is 10.1. The van der Waals surface area contributed by atoms with Gasteiger partial charge in [0.2, 0.25) is 0 Å². The number of β-amino-alcohol motifs (C(OH)–C–C–N with tert-alkyl or cyclic N) is 1. The standard InChI is InChI=1S/C20H33N3O3/c1-20(25)7-8-23(16-19(20)24)15-17-5-3-4-6-18(17)26-14-13-22-11-9-21(2)10-12-22/h3-6,19,24-25H,7-16H2,1-2H3/t19-,20-/m1/s1. The smallest absolute Gasteiger partial charge is 0.123 e. The first kappa shape index (κ1) is 19.6. The van der Waals surface area contributed by atoms with Gasteiger partial charge in [-0.1, -0.05) is 18.2 Å². The summed E-state index contributed by atoms with van der Waals surface area (Å²) in [6, 6.07) is 8.14. The highest BCUT2D eigenvalue weighted by molar-refractivity contribution is 5.33. The number of hydrogen-bond acceptors (Lipinski definition) is 6. The molecule has 2 heterocycles. The van der Waals surface area contributed by atoms with E-state index in [1.165, 1.54) is 0 Å². The molecule has 0 aliphatic carbocycles. The minimum Gasteiger partial charge on any atom is -0.492 e. The van der Waals surface area contributed by atoms with Crippen LogP contribution in [0.25, 0.3) is 0 Å². The van der Waals surface area contributed by atoms with Gasteiger partial charge in [0.15, 0.2) is 0 Å². The molecule has 0 unspecified atom stereocenters. The van der Waals surface area contributed by atoms with Crippen LogP contribution >= 0.6 is 0 Å². The number of rotatable bonds is 6. The Balaban J connectivity index is 1.50. The lowest BCUT2D eigenvalue weighted by atomic mass is 9.90. The van der Waals surface area contributed by atoms with Crippen LogP contribution in [0.5, 0.6) is 5.75 Å². The van der Waals surface area contributed by atoms with E-state index in [1.54, 1.807) is 6.92 Å². The van der Waals surface area contributed by atoms with Crippen LogP contribution in [0, 0.1) is 0 Å². The van der Waals surface area contributed by atoms with Crippen LogP contribution in [-0.2, 0) is 6.54 Å². The molecule has 2 N–H and O–H groups in total. The SMILES string of the molecule is CN1CCN(CCOc2ccccc2CN2CC[C@@](C)(O)[C@H](O)C2)CC1. The number of piperazine rings is 1. The number of likely N-dealkylation sites (N-methyl/N-ethyl adjacent to an activating group) is 1. The van der Waals surface area contributed by atoms with Crippen LogP contribution < -0.4 is 4.74 Å². The topological polar surface area (TPSA) is 59.4 Å². The summed E-state index contributed by atoms with van der Waals surface area (Å²) < 4.78 is 6.08. The average Bonchev–Trinajstić information content (AvgIpc) is 2.62. The van der Waals surface area contributed by atoms with Gasteiger partial charge in [0.1, 0.15) is 12.4 Å². The van der Waals surface area contributed by atoms with Crippen LogP contribution in [-0.4, -0.2) is 96.1 Å². The van der Waals surface area contributed by atoms with Crippen LogP contribution in [0.1, 0.15) is 18.9 Å². The monoisotopic (exact) mass is 363 g/mol. The van der Waals surface area contributed by atoms with Crippen LogP contribution in [0.3, 0.4) is 0 Å². The van der Waals surface area contributed by atoms with Crippen molar-refractivity contribution in [2.24, 2.45) is 0 Å². The first-order chi connectivity index (χ1) is 12.4. The van der Waals surface area contributed by atoms with Crippen molar-refractivity contribution in [1.29, 1.82) is 0 Å². The third kappa shape index (κ3) is 5.18. The number of nitrogens with zero attached hydrogens (tertiary/aromatic N) is 3. The van der Waals surface area contributed by atoms with Gasteiger partial charge in [0, 0.05) is 57.9 Å². The van der Waals surface area contributed by atoms with Gasteiger partial charge in [-0.15, -0.1) is 0 Å². The van der Waals surface area contributed by atoms with E-state index in [9.17, 15) is 10.2 Å². The van der Waals surface area contributed by atoms with Gasteiger partial charge in [0.25, 0.3) is 0 Å². The number of benzene rings is 1. The van der Waals surface area contributed by atoms with Gasteiger partial charge < -0.3 is 19.8 Å². The van der Waals surface area contributed by atoms with E-state index < -0.39 is 11.7 Å². The van der Waals surface area contributed by atoms with Crippen molar-refractivity contribution in [3.63, 3.8) is 0 Å². The van der Waals surface area contributed by atoms with E-state index >= 15 is 0 Å². The molecule has 0 radical (unpaired) electrons. The Hall–Kier alpha value is -1.18. The van der Waals surface area contributed by atoms with E-state index in [1.807, 2.05) is 18.2 Å². The zero-order valence-corrected chi connectivity index (χ0v) is 16.1. The molecule has 146 valence electrons. The Kier molecular flexibility index (Phi) is 6.53. The summed E-state index contributed by atoms with van der Waals surface area (Å²) in [5.41, 5.74) is 0.161. The predicted molar refractivity (Wildman–Crippen MR) is 102 cm³/mol. The van der Waals surface area contributed by atoms with E-state index in [4.69, 9.17) is 4.74 Å². The van der Waals surface area contributed by atoms with E-state index in [2.05, 4.69) is 27.8 Å². The fraction of sp³-hybridized carbons (Fsp3) is 0.700. The molecule has 6 heteroatoms. The lowest BCUT2D eigenvalue weighted by molar-refractivity contribution is -0.108. The maximum absolute atomic E-state index is 10.1. The molecule has 1 aromatic carbocycles. The van der Waals surface area contributed by atoms with Crippen molar-refractivity contribution in [3.05, 3.63) is 29.8 Å². The second-order valence-electron chi connectivity index (χ2n) is 7.96. The maximum Gasteiger partial charge on any atom is 0.123 e. The van der Waals surface area contributed by atoms with Gasteiger partial charge >= 0.3 is 0 Å². The molecule has 2 saturated heterocycles. The molecule has 2 aliphatic heterocycles. The molecule has 0 amide bonds. The van der Waals surface area contributed by atoms with E-state index in [0.717, 1.165) is 57.1 Å². The Labute approximate surface area is 157 Å². The Bertz CT molecular complexity index is 573. The molecule has 1 aromatic rings. The first-order valence-electron chi connectivity index (χ1n) is 9.68. The van der Waals surface area contributed by atoms with Crippen molar-refractivity contribution >= 4 is 0 Å². The number of piperidine rings is 1. The largest absolute Gasteiger partial charge is 0.492 e. The van der Waals surface area contributed by atoms with Crippen LogP contribution in [0.4, 0.5) is 0 Å². The number of aliphatic hydroxyl groups is 2. The summed E-state index contributed by atoms with van der Waals surface area (Å²) in [4.78, 5) is 6.99. The van der Waals surface area contributed by atoms with Gasteiger partial charge in [-0.05, 0) is 26.5 Å². The fourth-order valence-electron chi connectivity index (χ4n) is 3.60. The summed E-state index contributed by atoms with van der Waals surface area (Å²) in [5, 5.41) is 20.3. The number of para-hydroxylation sites is 1. The molecule has 6 nitrogen and oxygen atoms in total. The van der Waals surface area contributed by atoms with Crippen molar-refractivity contribution < 1.29 is 14.9 Å². The number of ether oxygens (including phenoxy) is 1. The average molecular weight is 364 g/mol.